The number of phenolic OH excluding ortho intramolecular Hbond substituents is 2. The van der Waals surface area contributed by atoms with Crippen molar-refractivity contribution in [2.24, 2.45) is 0 Å². The van der Waals surface area contributed by atoms with Gasteiger partial charge in [0.25, 0.3) is 0 Å². The second-order valence-electron chi connectivity index (χ2n) is 3.22. The number of aromatic hydroxyl groups is 2. The zero-order valence-corrected chi connectivity index (χ0v) is 9.11. The summed E-state index contributed by atoms with van der Waals surface area (Å²) in [7, 11) is 0. The van der Waals surface area contributed by atoms with Gasteiger partial charge in [-0.1, -0.05) is 17.9 Å². The number of carbonyl (C=O) groups excluding carboxylic acids is 1. The van der Waals surface area contributed by atoms with Crippen LogP contribution in [0.1, 0.15) is 28.4 Å². The molecule has 0 aliphatic heterocycles. The topological polar surface area (TPSA) is 57.5 Å². The molecule has 0 saturated carbocycles. The minimum Gasteiger partial charge on any atom is -0.507 e. The van der Waals surface area contributed by atoms with Gasteiger partial charge < -0.3 is 10.2 Å². The summed E-state index contributed by atoms with van der Waals surface area (Å²) in [5.41, 5.74) is 0.694. The molecule has 0 aromatic heterocycles. The van der Waals surface area contributed by atoms with Crippen LogP contribution in [0, 0.1) is 18.8 Å². The third kappa shape index (κ3) is 2.23. The number of hydrogen-bond donors (Lipinski definition) is 2. The molecule has 0 aliphatic carbocycles. The van der Waals surface area contributed by atoms with Gasteiger partial charge in [-0.15, -0.1) is 0 Å². The van der Waals surface area contributed by atoms with Gasteiger partial charge in [0, 0.05) is 11.1 Å². The van der Waals surface area contributed by atoms with Gasteiger partial charge in [-0.25, -0.2) is 0 Å². The first-order valence-electron chi connectivity index (χ1n) is 4.75. The summed E-state index contributed by atoms with van der Waals surface area (Å²) >= 11 is 0. The summed E-state index contributed by atoms with van der Waals surface area (Å²) in [6, 6.07) is 1.37. The Morgan fingerprint density at radius 3 is 2.62 bits per heavy atom. The van der Waals surface area contributed by atoms with E-state index < -0.39 is 0 Å². The molecule has 1 rings (SSSR count). The smallest absolute Gasteiger partial charge is 0.155 e. The average Bonchev–Trinajstić information content (AvgIpc) is 2.27. The largest absolute Gasteiger partial charge is 0.507 e. The minimum absolute atomic E-state index is 0.0760. The molecule has 82 valence electrons. The quantitative estimate of drug-likeness (QED) is 0.558. The van der Waals surface area contributed by atoms with E-state index in [-0.39, 0.29) is 22.6 Å². The first kappa shape index (κ1) is 11.9. The Labute approximate surface area is 94.0 Å². The lowest BCUT2D eigenvalue weighted by atomic mass is 10.0. The molecule has 0 aliphatic rings. The van der Waals surface area contributed by atoms with Gasteiger partial charge in [0.1, 0.15) is 11.5 Å². The highest BCUT2D eigenvalue weighted by molar-refractivity contribution is 5.85. The predicted molar refractivity (Wildman–Crippen MR) is 61.6 cm³/mol. The molecule has 0 saturated heterocycles. The van der Waals surface area contributed by atoms with E-state index in [0.29, 0.717) is 11.8 Å². The molecule has 0 bridgehead atoms. The first-order chi connectivity index (χ1) is 7.61. The third-order valence-electron chi connectivity index (χ3n) is 2.14. The number of benzene rings is 1. The molecule has 16 heavy (non-hydrogen) atoms. The van der Waals surface area contributed by atoms with E-state index in [4.69, 9.17) is 0 Å². The fourth-order valence-corrected chi connectivity index (χ4v) is 1.20. The number of phenols is 2. The molecular weight excluding hydrogens is 204 g/mol. The number of allylic oxidation sites excluding steroid dienone is 2. The number of hydrogen-bond acceptors (Lipinski definition) is 3. The van der Waals surface area contributed by atoms with Crippen molar-refractivity contribution in [1.29, 1.82) is 0 Å². The highest BCUT2D eigenvalue weighted by Crippen LogP contribution is 2.31. The van der Waals surface area contributed by atoms with E-state index in [1.807, 2.05) is 6.92 Å². The Kier molecular flexibility index (Phi) is 3.73. The van der Waals surface area contributed by atoms with Crippen molar-refractivity contribution in [3.63, 3.8) is 0 Å². The molecule has 1 aromatic rings. The number of aldehydes is 1. The van der Waals surface area contributed by atoms with E-state index in [2.05, 4.69) is 11.8 Å². The molecule has 3 heteroatoms. The van der Waals surface area contributed by atoms with Crippen molar-refractivity contribution < 1.29 is 15.0 Å². The summed E-state index contributed by atoms with van der Waals surface area (Å²) in [6.07, 6.45) is 3.89. The van der Waals surface area contributed by atoms with Gasteiger partial charge in [0.05, 0.1) is 5.56 Å². The van der Waals surface area contributed by atoms with Crippen molar-refractivity contribution in [1.82, 2.24) is 0 Å². The predicted octanol–water partition coefficient (Wildman–Crippen LogP) is 2.15. The fourth-order valence-electron chi connectivity index (χ4n) is 1.20. The zero-order valence-electron chi connectivity index (χ0n) is 9.11. The van der Waals surface area contributed by atoms with Crippen LogP contribution in [0.5, 0.6) is 11.5 Å². The molecule has 0 atom stereocenters. The van der Waals surface area contributed by atoms with Crippen LogP contribution in [0.2, 0.25) is 0 Å². The molecule has 3 nitrogen and oxygen atoms in total. The van der Waals surface area contributed by atoms with E-state index >= 15 is 0 Å². The van der Waals surface area contributed by atoms with E-state index in [1.165, 1.54) is 13.0 Å². The minimum atomic E-state index is -0.222. The Balaban J connectivity index is 3.41. The lowest BCUT2D eigenvalue weighted by molar-refractivity contribution is 0.112. The van der Waals surface area contributed by atoms with Crippen molar-refractivity contribution in [3.8, 4) is 23.3 Å². The first-order valence-corrected chi connectivity index (χ1v) is 4.75. The molecule has 0 heterocycles. The fraction of sp³-hybridized carbons (Fsp3) is 0.154. The Hall–Kier alpha value is -2.21. The van der Waals surface area contributed by atoms with Gasteiger partial charge in [0.15, 0.2) is 6.29 Å². The molecule has 0 fully saturated rings. The maximum atomic E-state index is 10.8. The maximum Gasteiger partial charge on any atom is 0.155 e. The lowest BCUT2D eigenvalue weighted by Gasteiger charge is -2.06. The van der Waals surface area contributed by atoms with Crippen LogP contribution in [0.25, 0.3) is 0 Å². The monoisotopic (exact) mass is 216 g/mol. The second-order valence-corrected chi connectivity index (χ2v) is 3.22. The summed E-state index contributed by atoms with van der Waals surface area (Å²) in [5, 5.41) is 19.1. The van der Waals surface area contributed by atoms with Crippen LogP contribution in [0.15, 0.2) is 18.2 Å². The van der Waals surface area contributed by atoms with Gasteiger partial charge in [-0.2, -0.15) is 0 Å². The number of carbonyl (C=O) groups is 1. The highest BCUT2D eigenvalue weighted by atomic mass is 16.3. The normalized spacial score (nSPS) is 9.88. The van der Waals surface area contributed by atoms with E-state index in [0.717, 1.165) is 0 Å². The Bertz CT molecular complexity index is 502. The van der Waals surface area contributed by atoms with Crippen molar-refractivity contribution >= 4 is 6.29 Å². The average molecular weight is 216 g/mol. The van der Waals surface area contributed by atoms with E-state index in [9.17, 15) is 15.0 Å². The standard InChI is InChI=1S/C13H12O3/c1-3-4-5-6-10-7-12(15)9(2)13(16)11(10)8-14/h3-4,7-8,15-16H,1-2H3/b4-3+. The van der Waals surface area contributed by atoms with Gasteiger partial charge >= 0.3 is 0 Å². The Morgan fingerprint density at radius 1 is 1.38 bits per heavy atom. The Morgan fingerprint density at radius 2 is 2.06 bits per heavy atom. The SMILES string of the molecule is C/C=C/C#Cc1cc(O)c(C)c(O)c1C=O. The van der Waals surface area contributed by atoms with Crippen LogP contribution in [-0.2, 0) is 0 Å². The third-order valence-corrected chi connectivity index (χ3v) is 2.14. The lowest BCUT2D eigenvalue weighted by Crippen LogP contribution is -1.91. The van der Waals surface area contributed by atoms with Crippen LogP contribution in [0.3, 0.4) is 0 Å². The van der Waals surface area contributed by atoms with Crippen LogP contribution >= 0.6 is 0 Å². The summed E-state index contributed by atoms with van der Waals surface area (Å²) < 4.78 is 0. The highest BCUT2D eigenvalue weighted by Gasteiger charge is 2.12. The van der Waals surface area contributed by atoms with Gasteiger partial charge in [-0.05, 0) is 26.0 Å². The van der Waals surface area contributed by atoms with Crippen LogP contribution in [0.4, 0.5) is 0 Å². The van der Waals surface area contributed by atoms with Crippen LogP contribution < -0.4 is 0 Å². The van der Waals surface area contributed by atoms with Crippen LogP contribution in [-0.4, -0.2) is 16.5 Å². The van der Waals surface area contributed by atoms with Crippen molar-refractivity contribution in [2.45, 2.75) is 13.8 Å². The molecular formula is C13H12O3. The van der Waals surface area contributed by atoms with Gasteiger partial charge in [-0.3, -0.25) is 4.79 Å². The molecule has 1 aromatic carbocycles. The molecule has 0 amide bonds. The molecule has 0 spiro atoms. The molecule has 0 unspecified atom stereocenters. The maximum absolute atomic E-state index is 10.8. The van der Waals surface area contributed by atoms with Crippen molar-refractivity contribution in [3.05, 3.63) is 34.9 Å². The van der Waals surface area contributed by atoms with E-state index in [1.54, 1.807) is 12.2 Å². The van der Waals surface area contributed by atoms with Gasteiger partial charge in [0.2, 0.25) is 0 Å². The van der Waals surface area contributed by atoms with Crippen molar-refractivity contribution in [2.75, 3.05) is 0 Å². The zero-order chi connectivity index (χ0) is 12.1. The summed E-state index contributed by atoms with van der Waals surface area (Å²) in [4.78, 5) is 10.8. The molecule has 2 N–H and O–H groups in total. The summed E-state index contributed by atoms with van der Waals surface area (Å²) in [6.45, 7) is 3.35. The number of rotatable bonds is 1. The second kappa shape index (κ2) is 5.04. The summed E-state index contributed by atoms with van der Waals surface area (Å²) in [5.74, 6) is 5.08. The molecule has 0 radical (unpaired) electrons.